The quantitative estimate of drug-likeness (QED) is 0.468. The Hall–Kier alpha value is -2.68. The lowest BCUT2D eigenvalue weighted by atomic mass is 10.1. The number of rotatable bonds is 5. The maximum atomic E-state index is 11.6. The fourth-order valence-electron chi connectivity index (χ4n) is 1.79. The number of hydrogen-bond donors (Lipinski definition) is 2. The number of carbonyl (C=O) groups is 3. The number of carboxylic acid groups (broad SMARTS) is 1. The van der Waals surface area contributed by atoms with Crippen LogP contribution in [0.3, 0.4) is 0 Å². The molecule has 8 nitrogen and oxygen atoms in total. The smallest absolute Gasteiger partial charge is 0.338 e. The van der Waals surface area contributed by atoms with Gasteiger partial charge in [-0.1, -0.05) is 30.0 Å². The summed E-state index contributed by atoms with van der Waals surface area (Å²) < 4.78 is 4.67. The summed E-state index contributed by atoms with van der Waals surface area (Å²) in [6.07, 6.45) is 1.07. The highest BCUT2D eigenvalue weighted by molar-refractivity contribution is 8.15. The summed E-state index contributed by atoms with van der Waals surface area (Å²) in [5, 5.41) is 18.3. The molecule has 1 unspecified atom stereocenters. The number of aliphatic carboxylic acids is 1. The lowest BCUT2D eigenvalue weighted by Gasteiger charge is -2.01. The molecule has 23 heavy (non-hydrogen) atoms. The molecule has 2 rings (SSSR count). The van der Waals surface area contributed by atoms with E-state index in [2.05, 4.69) is 20.3 Å². The van der Waals surface area contributed by atoms with Crippen LogP contribution in [0, 0.1) is 0 Å². The average molecular weight is 335 g/mol. The van der Waals surface area contributed by atoms with E-state index >= 15 is 0 Å². The Morgan fingerprint density at radius 1 is 1.43 bits per heavy atom. The number of ether oxygens (including phenoxy) is 1. The van der Waals surface area contributed by atoms with Gasteiger partial charge in [-0.15, -0.1) is 5.10 Å². The molecule has 0 bridgehead atoms. The van der Waals surface area contributed by atoms with Gasteiger partial charge < -0.3 is 15.2 Å². The molecular formula is C14H13N3O5S. The fraction of sp³-hybridized carbons (Fsp3) is 0.214. The van der Waals surface area contributed by atoms with Crippen LogP contribution in [0.1, 0.15) is 22.3 Å². The molecule has 0 saturated carbocycles. The second-order valence-electron chi connectivity index (χ2n) is 4.42. The summed E-state index contributed by atoms with van der Waals surface area (Å²) in [7, 11) is 1.28. The van der Waals surface area contributed by atoms with Gasteiger partial charge in [0.25, 0.3) is 0 Å². The van der Waals surface area contributed by atoms with Crippen LogP contribution < -0.4 is 5.32 Å². The molecule has 1 saturated heterocycles. The number of thioether (sulfide) groups is 1. The number of carboxylic acids is 1. The maximum absolute atomic E-state index is 11.6. The Morgan fingerprint density at radius 3 is 2.87 bits per heavy atom. The van der Waals surface area contributed by atoms with Crippen molar-refractivity contribution < 1.29 is 24.2 Å². The zero-order valence-electron chi connectivity index (χ0n) is 12.1. The molecule has 1 aromatic rings. The SMILES string of the molecule is COC(=O)c1ccccc1C=NN=C1NC(=O)C(CC(=O)O)S1. The highest BCUT2D eigenvalue weighted by atomic mass is 32.2. The van der Waals surface area contributed by atoms with Crippen LogP contribution in [-0.4, -0.2) is 46.7 Å². The molecule has 1 aromatic carbocycles. The van der Waals surface area contributed by atoms with Crippen molar-refractivity contribution in [1.82, 2.24) is 5.32 Å². The first-order valence-corrected chi connectivity index (χ1v) is 7.37. The van der Waals surface area contributed by atoms with Crippen molar-refractivity contribution in [2.24, 2.45) is 10.2 Å². The summed E-state index contributed by atoms with van der Waals surface area (Å²) >= 11 is 1.00. The van der Waals surface area contributed by atoms with E-state index in [1.54, 1.807) is 24.3 Å². The summed E-state index contributed by atoms with van der Waals surface area (Å²) in [5.74, 6) is -1.97. The molecule has 0 aromatic heterocycles. The lowest BCUT2D eigenvalue weighted by molar-refractivity contribution is -0.138. The topological polar surface area (TPSA) is 117 Å². The first-order valence-electron chi connectivity index (χ1n) is 6.49. The van der Waals surface area contributed by atoms with E-state index in [4.69, 9.17) is 5.11 Å². The van der Waals surface area contributed by atoms with Gasteiger partial charge in [0.2, 0.25) is 5.91 Å². The van der Waals surface area contributed by atoms with Crippen LogP contribution in [0.15, 0.2) is 34.5 Å². The van der Waals surface area contributed by atoms with Crippen LogP contribution in [-0.2, 0) is 14.3 Å². The minimum Gasteiger partial charge on any atom is -0.481 e. The van der Waals surface area contributed by atoms with Gasteiger partial charge in [0.1, 0.15) is 5.25 Å². The summed E-state index contributed by atoms with van der Waals surface area (Å²) in [6.45, 7) is 0. The number of amidine groups is 1. The molecule has 2 N–H and O–H groups in total. The van der Waals surface area contributed by atoms with Gasteiger partial charge in [-0.05, 0) is 6.07 Å². The summed E-state index contributed by atoms with van der Waals surface area (Å²) in [6, 6.07) is 6.69. The average Bonchev–Trinajstić information content (AvgIpc) is 2.86. The Labute approximate surface area is 135 Å². The standard InChI is InChI=1S/C14H13N3O5S/c1-22-13(21)9-5-3-2-4-8(9)7-15-17-14-16-12(20)10(23-14)6-11(18)19/h2-5,7,10H,6H2,1H3,(H,18,19)(H,16,17,20). The molecule has 1 fully saturated rings. The van der Waals surface area contributed by atoms with Crippen LogP contribution in [0.4, 0.5) is 0 Å². The Morgan fingerprint density at radius 2 is 2.17 bits per heavy atom. The molecule has 0 spiro atoms. The van der Waals surface area contributed by atoms with Crippen molar-refractivity contribution >= 4 is 41.0 Å². The second kappa shape index (κ2) is 7.54. The van der Waals surface area contributed by atoms with Crippen molar-refractivity contribution in [2.45, 2.75) is 11.7 Å². The third kappa shape index (κ3) is 4.39. The third-order valence-corrected chi connectivity index (χ3v) is 3.92. The highest BCUT2D eigenvalue weighted by Gasteiger charge is 2.32. The zero-order chi connectivity index (χ0) is 16.8. The Bertz CT molecular complexity index is 701. The molecule has 120 valence electrons. The van der Waals surface area contributed by atoms with Crippen molar-refractivity contribution in [3.8, 4) is 0 Å². The van der Waals surface area contributed by atoms with Crippen molar-refractivity contribution in [2.75, 3.05) is 7.11 Å². The predicted molar refractivity (Wildman–Crippen MR) is 84.6 cm³/mol. The van der Waals surface area contributed by atoms with Crippen molar-refractivity contribution in [3.05, 3.63) is 35.4 Å². The van der Waals surface area contributed by atoms with Gasteiger partial charge in [0.15, 0.2) is 5.17 Å². The van der Waals surface area contributed by atoms with Gasteiger partial charge >= 0.3 is 11.9 Å². The molecule has 1 amide bonds. The number of hydrogen-bond acceptors (Lipinski definition) is 7. The van der Waals surface area contributed by atoms with Crippen LogP contribution >= 0.6 is 11.8 Å². The van der Waals surface area contributed by atoms with Crippen molar-refractivity contribution in [1.29, 1.82) is 0 Å². The van der Waals surface area contributed by atoms with Gasteiger partial charge in [-0.25, -0.2) is 4.79 Å². The molecule has 0 radical (unpaired) electrons. The molecule has 1 aliphatic heterocycles. The highest BCUT2D eigenvalue weighted by Crippen LogP contribution is 2.22. The first-order chi connectivity index (χ1) is 11.0. The number of methoxy groups -OCH3 is 1. The van der Waals surface area contributed by atoms with E-state index in [0.717, 1.165) is 11.8 Å². The minimum absolute atomic E-state index is 0.216. The summed E-state index contributed by atoms with van der Waals surface area (Å²) in [5.41, 5.74) is 0.853. The van der Waals surface area contributed by atoms with E-state index in [1.807, 2.05) is 0 Å². The monoisotopic (exact) mass is 335 g/mol. The number of nitrogens with one attached hydrogen (secondary N) is 1. The summed E-state index contributed by atoms with van der Waals surface area (Å²) in [4.78, 5) is 33.8. The normalized spacial score (nSPS) is 19.1. The molecule has 1 aliphatic rings. The van der Waals surface area contributed by atoms with E-state index in [0.29, 0.717) is 11.1 Å². The van der Waals surface area contributed by atoms with E-state index in [1.165, 1.54) is 13.3 Å². The largest absolute Gasteiger partial charge is 0.481 e. The number of carbonyl (C=O) groups excluding carboxylic acids is 2. The van der Waals surface area contributed by atoms with Gasteiger partial charge in [-0.2, -0.15) is 5.10 Å². The molecule has 9 heteroatoms. The first kappa shape index (κ1) is 16.7. The molecule has 1 atom stereocenters. The van der Waals surface area contributed by atoms with Crippen LogP contribution in [0.2, 0.25) is 0 Å². The van der Waals surface area contributed by atoms with Gasteiger partial charge in [0.05, 0.1) is 25.3 Å². The number of benzene rings is 1. The van der Waals surface area contributed by atoms with Crippen LogP contribution in [0.5, 0.6) is 0 Å². The van der Waals surface area contributed by atoms with Gasteiger partial charge in [0, 0.05) is 5.56 Å². The van der Waals surface area contributed by atoms with Crippen molar-refractivity contribution in [3.63, 3.8) is 0 Å². The van der Waals surface area contributed by atoms with E-state index in [-0.39, 0.29) is 11.6 Å². The zero-order valence-corrected chi connectivity index (χ0v) is 12.9. The number of amides is 1. The minimum atomic E-state index is -1.06. The van der Waals surface area contributed by atoms with E-state index in [9.17, 15) is 14.4 Å². The Balaban J connectivity index is 2.09. The fourth-order valence-corrected chi connectivity index (χ4v) is 2.71. The Kier molecular flexibility index (Phi) is 5.47. The predicted octanol–water partition coefficient (Wildman–Crippen LogP) is 0.869. The third-order valence-electron chi connectivity index (χ3n) is 2.85. The number of esters is 1. The number of nitrogens with zero attached hydrogens (tertiary/aromatic N) is 2. The van der Waals surface area contributed by atoms with E-state index < -0.39 is 23.1 Å². The molecule has 1 heterocycles. The van der Waals surface area contributed by atoms with Crippen LogP contribution in [0.25, 0.3) is 0 Å². The lowest BCUT2D eigenvalue weighted by Crippen LogP contribution is -2.26. The maximum Gasteiger partial charge on any atom is 0.338 e. The van der Waals surface area contributed by atoms with Gasteiger partial charge in [-0.3, -0.25) is 9.59 Å². The second-order valence-corrected chi connectivity index (χ2v) is 5.61. The molecular weight excluding hydrogens is 322 g/mol. The molecule has 0 aliphatic carbocycles.